The lowest BCUT2D eigenvalue weighted by Crippen LogP contribution is -2.19. The van der Waals surface area contributed by atoms with Gasteiger partial charge in [0.2, 0.25) is 0 Å². The molecule has 0 amide bonds. The molecule has 0 spiro atoms. The summed E-state index contributed by atoms with van der Waals surface area (Å²) in [6.45, 7) is 0. The summed E-state index contributed by atoms with van der Waals surface area (Å²) in [5.41, 5.74) is 6.03. The van der Waals surface area contributed by atoms with Gasteiger partial charge in [-0.3, -0.25) is 0 Å². The molecule has 72 valence electrons. The SMILES string of the molecule is Nc1cnn([C@@H]2CCC[C@H]2O)c1Cl. The topological polar surface area (TPSA) is 64.1 Å². The third-order valence-corrected chi connectivity index (χ3v) is 2.91. The third-order valence-electron chi connectivity index (χ3n) is 2.52. The molecular formula is C8H12ClN3O. The zero-order valence-corrected chi connectivity index (χ0v) is 7.91. The van der Waals surface area contributed by atoms with Crippen LogP contribution >= 0.6 is 11.6 Å². The number of nitrogens with zero attached hydrogens (tertiary/aromatic N) is 2. The summed E-state index contributed by atoms with van der Waals surface area (Å²) in [6, 6.07) is 0.00444. The van der Waals surface area contributed by atoms with Crippen LogP contribution in [0.3, 0.4) is 0 Å². The van der Waals surface area contributed by atoms with E-state index in [2.05, 4.69) is 5.10 Å². The van der Waals surface area contributed by atoms with Crippen LogP contribution in [0.1, 0.15) is 25.3 Å². The standard InChI is InChI=1S/C8H12ClN3O/c9-8-5(10)4-11-12(8)6-2-1-3-7(6)13/h4,6-7,13H,1-3,10H2/t6-,7-/m1/s1. The Bertz CT molecular complexity index is 312. The largest absolute Gasteiger partial charge is 0.395 e. The highest BCUT2D eigenvalue weighted by atomic mass is 35.5. The van der Waals surface area contributed by atoms with Crippen molar-refractivity contribution in [3.05, 3.63) is 11.3 Å². The summed E-state index contributed by atoms with van der Waals surface area (Å²) in [5.74, 6) is 0. The first-order valence-corrected chi connectivity index (χ1v) is 4.74. The van der Waals surface area contributed by atoms with Crippen LogP contribution in [0.5, 0.6) is 0 Å². The first kappa shape index (κ1) is 8.84. The summed E-state index contributed by atoms with van der Waals surface area (Å²) in [6.07, 6.45) is 3.94. The minimum atomic E-state index is -0.336. The van der Waals surface area contributed by atoms with Gasteiger partial charge in [0.05, 0.1) is 24.0 Å². The number of hydrogen-bond acceptors (Lipinski definition) is 3. The van der Waals surface area contributed by atoms with E-state index in [9.17, 15) is 5.11 Å². The lowest BCUT2D eigenvalue weighted by Gasteiger charge is -2.15. The normalized spacial score (nSPS) is 28.2. The Morgan fingerprint density at radius 2 is 2.38 bits per heavy atom. The van der Waals surface area contributed by atoms with E-state index < -0.39 is 0 Å². The van der Waals surface area contributed by atoms with E-state index in [1.165, 1.54) is 6.20 Å². The van der Waals surface area contributed by atoms with E-state index in [4.69, 9.17) is 17.3 Å². The van der Waals surface area contributed by atoms with Crippen molar-refractivity contribution in [1.82, 2.24) is 9.78 Å². The van der Waals surface area contributed by atoms with Crippen molar-refractivity contribution in [2.24, 2.45) is 0 Å². The molecule has 4 nitrogen and oxygen atoms in total. The molecule has 1 aromatic heterocycles. The fourth-order valence-electron chi connectivity index (χ4n) is 1.80. The van der Waals surface area contributed by atoms with Crippen molar-refractivity contribution < 1.29 is 5.11 Å². The van der Waals surface area contributed by atoms with Crippen LogP contribution in [0.15, 0.2) is 6.20 Å². The number of nitrogen functional groups attached to an aromatic ring is 1. The quantitative estimate of drug-likeness (QED) is 0.718. The van der Waals surface area contributed by atoms with Gasteiger partial charge in [-0.25, -0.2) is 4.68 Å². The Kier molecular flexibility index (Phi) is 2.17. The fraction of sp³-hybridized carbons (Fsp3) is 0.625. The maximum atomic E-state index is 9.62. The van der Waals surface area contributed by atoms with Gasteiger partial charge in [0.15, 0.2) is 0 Å². The molecule has 13 heavy (non-hydrogen) atoms. The van der Waals surface area contributed by atoms with Gasteiger partial charge >= 0.3 is 0 Å². The molecule has 0 bridgehead atoms. The number of aromatic nitrogens is 2. The van der Waals surface area contributed by atoms with Crippen molar-refractivity contribution in [2.45, 2.75) is 31.4 Å². The maximum Gasteiger partial charge on any atom is 0.150 e. The molecule has 2 atom stereocenters. The van der Waals surface area contributed by atoms with Crippen molar-refractivity contribution >= 4 is 17.3 Å². The maximum absolute atomic E-state index is 9.62. The van der Waals surface area contributed by atoms with Crippen LogP contribution in [-0.4, -0.2) is 21.0 Å². The highest BCUT2D eigenvalue weighted by Gasteiger charge is 2.29. The molecular weight excluding hydrogens is 190 g/mol. The predicted octanol–water partition coefficient (Wildman–Crippen LogP) is 1.20. The molecule has 0 aromatic carbocycles. The summed E-state index contributed by atoms with van der Waals surface area (Å²) in [4.78, 5) is 0. The van der Waals surface area contributed by atoms with Crippen LogP contribution < -0.4 is 5.73 Å². The van der Waals surface area contributed by atoms with Gasteiger partial charge in [-0.1, -0.05) is 11.6 Å². The van der Waals surface area contributed by atoms with Crippen LogP contribution in [-0.2, 0) is 0 Å². The van der Waals surface area contributed by atoms with Gasteiger partial charge in [-0.05, 0) is 19.3 Å². The highest BCUT2D eigenvalue weighted by Crippen LogP contribution is 2.33. The van der Waals surface area contributed by atoms with Crippen molar-refractivity contribution in [3.8, 4) is 0 Å². The second kappa shape index (κ2) is 3.20. The Hall–Kier alpha value is -0.740. The monoisotopic (exact) mass is 201 g/mol. The highest BCUT2D eigenvalue weighted by molar-refractivity contribution is 6.32. The molecule has 0 radical (unpaired) electrons. The Morgan fingerprint density at radius 3 is 2.85 bits per heavy atom. The number of hydrogen-bond donors (Lipinski definition) is 2. The molecule has 1 saturated carbocycles. The smallest absolute Gasteiger partial charge is 0.150 e. The summed E-state index contributed by atoms with van der Waals surface area (Å²) in [7, 11) is 0. The Labute approximate surface area is 81.3 Å². The van der Waals surface area contributed by atoms with Crippen LogP contribution in [0.4, 0.5) is 5.69 Å². The molecule has 1 aliphatic carbocycles. The summed E-state index contributed by atoms with van der Waals surface area (Å²) < 4.78 is 1.62. The Balaban J connectivity index is 2.29. The van der Waals surface area contributed by atoms with Crippen molar-refractivity contribution in [3.63, 3.8) is 0 Å². The van der Waals surface area contributed by atoms with Gasteiger partial charge < -0.3 is 10.8 Å². The average molecular weight is 202 g/mol. The minimum Gasteiger partial charge on any atom is -0.395 e. The van der Waals surface area contributed by atoms with Gasteiger partial charge in [-0.15, -0.1) is 0 Å². The molecule has 1 aliphatic rings. The van der Waals surface area contributed by atoms with E-state index in [0.717, 1.165) is 19.3 Å². The van der Waals surface area contributed by atoms with Crippen LogP contribution in [0.25, 0.3) is 0 Å². The van der Waals surface area contributed by atoms with Gasteiger partial charge in [0.25, 0.3) is 0 Å². The first-order chi connectivity index (χ1) is 6.20. The van der Waals surface area contributed by atoms with E-state index in [-0.39, 0.29) is 12.1 Å². The molecule has 1 aromatic rings. The zero-order valence-electron chi connectivity index (χ0n) is 7.15. The number of nitrogens with two attached hydrogens (primary N) is 1. The lowest BCUT2D eigenvalue weighted by atomic mass is 10.2. The molecule has 0 aliphatic heterocycles. The van der Waals surface area contributed by atoms with E-state index in [1.54, 1.807) is 4.68 Å². The Morgan fingerprint density at radius 1 is 1.62 bits per heavy atom. The number of rotatable bonds is 1. The van der Waals surface area contributed by atoms with E-state index >= 15 is 0 Å². The minimum absolute atomic E-state index is 0.00444. The summed E-state index contributed by atoms with van der Waals surface area (Å²) in [5, 5.41) is 14.1. The van der Waals surface area contributed by atoms with E-state index in [1.807, 2.05) is 0 Å². The van der Waals surface area contributed by atoms with Gasteiger partial charge in [0.1, 0.15) is 5.15 Å². The lowest BCUT2D eigenvalue weighted by molar-refractivity contribution is 0.130. The number of aliphatic hydroxyl groups excluding tert-OH is 1. The molecule has 5 heteroatoms. The van der Waals surface area contributed by atoms with Crippen LogP contribution in [0.2, 0.25) is 5.15 Å². The second-order valence-electron chi connectivity index (χ2n) is 3.40. The van der Waals surface area contributed by atoms with Crippen LogP contribution in [0, 0.1) is 0 Å². The first-order valence-electron chi connectivity index (χ1n) is 4.36. The molecule has 0 saturated heterocycles. The number of aliphatic hydroxyl groups is 1. The fourth-order valence-corrected chi connectivity index (χ4v) is 2.02. The molecule has 1 fully saturated rings. The summed E-state index contributed by atoms with van der Waals surface area (Å²) >= 11 is 5.92. The third kappa shape index (κ3) is 1.40. The van der Waals surface area contributed by atoms with Gasteiger partial charge in [-0.2, -0.15) is 5.10 Å². The van der Waals surface area contributed by atoms with Gasteiger partial charge in [0, 0.05) is 0 Å². The van der Waals surface area contributed by atoms with E-state index in [0.29, 0.717) is 10.8 Å². The predicted molar refractivity (Wildman–Crippen MR) is 50.5 cm³/mol. The molecule has 1 heterocycles. The van der Waals surface area contributed by atoms with Crippen molar-refractivity contribution in [2.75, 3.05) is 5.73 Å². The molecule has 2 rings (SSSR count). The zero-order chi connectivity index (χ0) is 9.42. The van der Waals surface area contributed by atoms with Crippen molar-refractivity contribution in [1.29, 1.82) is 0 Å². The number of anilines is 1. The molecule has 3 N–H and O–H groups in total. The average Bonchev–Trinajstić information content (AvgIpc) is 2.62. The molecule has 0 unspecified atom stereocenters. The second-order valence-corrected chi connectivity index (χ2v) is 3.76. The number of halogens is 1.